The van der Waals surface area contributed by atoms with Crippen LogP contribution < -0.4 is 4.74 Å². The monoisotopic (exact) mass is 369 g/mol. The van der Waals surface area contributed by atoms with Crippen LogP contribution in [-0.4, -0.2) is 54.4 Å². The van der Waals surface area contributed by atoms with Crippen LogP contribution in [0.3, 0.4) is 0 Å². The molecule has 1 fully saturated rings. The molecule has 1 N–H and O–H groups in total. The Morgan fingerprint density at radius 3 is 2.72 bits per heavy atom. The molecule has 136 valence electrons. The third-order valence-electron chi connectivity index (χ3n) is 4.56. The number of aliphatic hydroxyl groups is 1. The minimum Gasteiger partial charge on any atom is -0.494 e. The maximum absolute atomic E-state index is 13.9. The number of methoxy groups -OCH3 is 1. The topological polar surface area (TPSA) is 84.7 Å². The maximum atomic E-state index is 13.9. The minimum absolute atomic E-state index is 0.0122. The molecule has 0 spiro atoms. The van der Waals surface area contributed by atoms with Gasteiger partial charge in [0.25, 0.3) is 0 Å². The fourth-order valence-corrected chi connectivity index (χ4v) is 4.71. The average molecular weight is 369 g/mol. The standard InChI is InChI=1S/C16H20FN3O4S/c1-19-7-11(6-18-19)14-9-20(8-12(14)10-21)25(22,23)13-3-4-16(24-2)15(17)5-13/h3-7,12,14,21H,8-10H2,1-2H3/t12-,14-/m0/s1. The predicted molar refractivity (Wildman–Crippen MR) is 88.2 cm³/mol. The van der Waals surface area contributed by atoms with Gasteiger partial charge in [0.2, 0.25) is 10.0 Å². The second kappa shape index (κ2) is 6.74. The molecule has 7 nitrogen and oxygen atoms in total. The molecule has 0 radical (unpaired) electrons. The lowest BCUT2D eigenvalue weighted by atomic mass is 9.92. The van der Waals surface area contributed by atoms with Crippen molar-refractivity contribution in [1.82, 2.24) is 14.1 Å². The Hall–Kier alpha value is -1.97. The van der Waals surface area contributed by atoms with E-state index in [1.807, 2.05) is 6.20 Å². The number of benzene rings is 1. The van der Waals surface area contributed by atoms with E-state index in [1.54, 1.807) is 17.9 Å². The summed E-state index contributed by atoms with van der Waals surface area (Å²) in [5.74, 6) is -1.13. The highest BCUT2D eigenvalue weighted by Crippen LogP contribution is 2.35. The van der Waals surface area contributed by atoms with Crippen molar-refractivity contribution < 1.29 is 22.7 Å². The van der Waals surface area contributed by atoms with Gasteiger partial charge in [-0.1, -0.05) is 0 Å². The number of rotatable bonds is 5. The minimum atomic E-state index is -3.86. The Morgan fingerprint density at radius 2 is 2.16 bits per heavy atom. The molecule has 2 aromatic rings. The number of aliphatic hydroxyl groups excluding tert-OH is 1. The second-order valence-corrected chi connectivity index (χ2v) is 8.05. The van der Waals surface area contributed by atoms with E-state index in [-0.39, 0.29) is 42.2 Å². The van der Waals surface area contributed by atoms with Crippen molar-refractivity contribution in [3.05, 3.63) is 42.0 Å². The fraction of sp³-hybridized carbons (Fsp3) is 0.438. The molecule has 2 atom stereocenters. The Balaban J connectivity index is 1.89. The van der Waals surface area contributed by atoms with Crippen LogP contribution in [0.4, 0.5) is 4.39 Å². The molecule has 0 bridgehead atoms. The third-order valence-corrected chi connectivity index (χ3v) is 6.38. The van der Waals surface area contributed by atoms with Crippen molar-refractivity contribution >= 4 is 10.0 Å². The summed E-state index contributed by atoms with van der Waals surface area (Å²) in [5, 5.41) is 13.8. The van der Waals surface area contributed by atoms with Gasteiger partial charge in [-0.05, 0) is 23.8 Å². The Labute approximate surface area is 145 Å². The van der Waals surface area contributed by atoms with Gasteiger partial charge in [0, 0.05) is 44.8 Å². The molecular weight excluding hydrogens is 349 g/mol. The average Bonchev–Trinajstić information content (AvgIpc) is 3.20. The number of sulfonamides is 1. The summed E-state index contributed by atoms with van der Waals surface area (Å²) in [6.07, 6.45) is 3.49. The van der Waals surface area contributed by atoms with E-state index in [0.717, 1.165) is 11.6 Å². The first-order chi connectivity index (χ1) is 11.9. The molecule has 25 heavy (non-hydrogen) atoms. The smallest absolute Gasteiger partial charge is 0.243 e. The molecule has 1 aromatic heterocycles. The van der Waals surface area contributed by atoms with Gasteiger partial charge in [0.15, 0.2) is 11.6 Å². The summed E-state index contributed by atoms with van der Waals surface area (Å²) in [6, 6.07) is 3.57. The van der Waals surface area contributed by atoms with Crippen LogP contribution in [0.1, 0.15) is 11.5 Å². The second-order valence-electron chi connectivity index (χ2n) is 6.11. The highest BCUT2D eigenvalue weighted by atomic mass is 32.2. The summed E-state index contributed by atoms with van der Waals surface area (Å²) >= 11 is 0. The van der Waals surface area contributed by atoms with Crippen molar-refractivity contribution in [2.75, 3.05) is 26.8 Å². The Kier molecular flexibility index (Phi) is 4.81. The van der Waals surface area contributed by atoms with E-state index in [1.165, 1.54) is 23.5 Å². The zero-order chi connectivity index (χ0) is 18.2. The summed E-state index contributed by atoms with van der Waals surface area (Å²) < 4.78 is 47.3. The van der Waals surface area contributed by atoms with Crippen molar-refractivity contribution in [2.45, 2.75) is 10.8 Å². The molecule has 9 heteroatoms. The van der Waals surface area contributed by atoms with Gasteiger partial charge in [-0.2, -0.15) is 9.40 Å². The third kappa shape index (κ3) is 3.26. The SMILES string of the molecule is COc1ccc(S(=O)(=O)N2C[C@@H](CO)[C@H](c3cnn(C)c3)C2)cc1F. The molecule has 1 saturated heterocycles. The normalized spacial score (nSPS) is 21.6. The lowest BCUT2D eigenvalue weighted by Gasteiger charge is -2.16. The highest BCUT2D eigenvalue weighted by molar-refractivity contribution is 7.89. The number of aryl methyl sites for hydroxylation is 1. The van der Waals surface area contributed by atoms with Gasteiger partial charge < -0.3 is 9.84 Å². The first kappa shape index (κ1) is 17.8. The van der Waals surface area contributed by atoms with Crippen LogP contribution in [0.5, 0.6) is 5.75 Å². The van der Waals surface area contributed by atoms with Gasteiger partial charge >= 0.3 is 0 Å². The predicted octanol–water partition coefficient (Wildman–Crippen LogP) is 0.964. The quantitative estimate of drug-likeness (QED) is 0.849. The van der Waals surface area contributed by atoms with E-state index in [4.69, 9.17) is 4.74 Å². The highest BCUT2D eigenvalue weighted by Gasteiger charge is 2.40. The van der Waals surface area contributed by atoms with Crippen molar-refractivity contribution in [3.63, 3.8) is 0 Å². The van der Waals surface area contributed by atoms with E-state index in [0.29, 0.717) is 0 Å². The number of hydrogen-bond acceptors (Lipinski definition) is 5. The van der Waals surface area contributed by atoms with Gasteiger partial charge in [-0.25, -0.2) is 12.8 Å². The molecule has 0 aliphatic carbocycles. The molecule has 0 amide bonds. The molecule has 1 aliphatic heterocycles. The van der Waals surface area contributed by atoms with Crippen LogP contribution in [-0.2, 0) is 17.1 Å². The molecule has 3 rings (SSSR count). The molecule has 1 aromatic carbocycles. The molecular formula is C16H20FN3O4S. The summed E-state index contributed by atoms with van der Waals surface area (Å²) in [6.45, 7) is 0.251. The van der Waals surface area contributed by atoms with E-state index in [2.05, 4.69) is 5.10 Å². The van der Waals surface area contributed by atoms with Gasteiger partial charge in [0.1, 0.15) is 0 Å². The number of ether oxygens (including phenoxy) is 1. The van der Waals surface area contributed by atoms with Crippen LogP contribution in [0.15, 0.2) is 35.5 Å². The van der Waals surface area contributed by atoms with Gasteiger partial charge in [-0.3, -0.25) is 4.68 Å². The summed E-state index contributed by atoms with van der Waals surface area (Å²) in [5.41, 5.74) is 0.875. The molecule has 0 saturated carbocycles. The van der Waals surface area contributed by atoms with Gasteiger partial charge in [-0.15, -0.1) is 0 Å². The van der Waals surface area contributed by atoms with Crippen molar-refractivity contribution in [1.29, 1.82) is 0 Å². The Morgan fingerprint density at radius 1 is 1.40 bits per heavy atom. The molecule has 1 aliphatic rings. The van der Waals surface area contributed by atoms with E-state index < -0.39 is 15.8 Å². The molecule has 2 heterocycles. The van der Waals surface area contributed by atoms with Crippen LogP contribution in [0.2, 0.25) is 0 Å². The van der Waals surface area contributed by atoms with E-state index in [9.17, 15) is 17.9 Å². The lowest BCUT2D eigenvalue weighted by molar-refractivity contribution is 0.223. The van der Waals surface area contributed by atoms with Crippen LogP contribution >= 0.6 is 0 Å². The largest absolute Gasteiger partial charge is 0.494 e. The Bertz CT molecular complexity index is 868. The number of nitrogens with zero attached hydrogens (tertiary/aromatic N) is 3. The summed E-state index contributed by atoms with van der Waals surface area (Å²) in [4.78, 5) is -0.130. The summed E-state index contributed by atoms with van der Waals surface area (Å²) in [7, 11) is -0.768. The first-order valence-electron chi connectivity index (χ1n) is 7.80. The zero-order valence-corrected chi connectivity index (χ0v) is 14.8. The number of hydrogen-bond donors (Lipinski definition) is 1. The van der Waals surface area contributed by atoms with Crippen LogP contribution in [0.25, 0.3) is 0 Å². The maximum Gasteiger partial charge on any atom is 0.243 e. The first-order valence-corrected chi connectivity index (χ1v) is 9.24. The zero-order valence-electron chi connectivity index (χ0n) is 14.0. The van der Waals surface area contributed by atoms with Crippen molar-refractivity contribution in [2.24, 2.45) is 13.0 Å². The number of halogens is 1. The van der Waals surface area contributed by atoms with Gasteiger partial charge in [0.05, 0.1) is 18.2 Å². The fourth-order valence-electron chi connectivity index (χ4n) is 3.18. The van der Waals surface area contributed by atoms with E-state index >= 15 is 0 Å². The number of aromatic nitrogens is 2. The lowest BCUT2D eigenvalue weighted by Crippen LogP contribution is -2.29. The van der Waals surface area contributed by atoms with Crippen LogP contribution in [0, 0.1) is 11.7 Å². The van der Waals surface area contributed by atoms with Crippen molar-refractivity contribution in [3.8, 4) is 5.75 Å². The molecule has 0 unspecified atom stereocenters.